The van der Waals surface area contributed by atoms with Crippen LogP contribution in [0.25, 0.3) is 0 Å². The lowest BCUT2D eigenvalue weighted by atomic mass is 10.3. The maximum absolute atomic E-state index is 12.9. The van der Waals surface area contributed by atoms with Crippen LogP contribution in [-0.2, 0) is 0 Å². The van der Waals surface area contributed by atoms with Crippen LogP contribution in [0.1, 0.15) is 0 Å². The summed E-state index contributed by atoms with van der Waals surface area (Å²) in [5.41, 5.74) is 0.942. The molecule has 0 amide bonds. The molecular weight excluding hydrogens is 197 g/mol. The Morgan fingerprint density at radius 1 is 1.50 bits per heavy atom. The van der Waals surface area contributed by atoms with E-state index in [0.29, 0.717) is 0 Å². The van der Waals surface area contributed by atoms with Crippen LogP contribution in [0.15, 0.2) is 17.0 Å². The Hall–Kier alpha value is -0.410. The standard InChI is InChI=1S/C8H7ClFNS/c9-5-3-7-8(4-6(5)10)12-2-1-11-7/h3-4,11H,1-2H2. The van der Waals surface area contributed by atoms with Crippen molar-refractivity contribution in [2.75, 3.05) is 17.6 Å². The topological polar surface area (TPSA) is 12.0 Å². The summed E-state index contributed by atoms with van der Waals surface area (Å²) in [6, 6.07) is 3.12. The minimum Gasteiger partial charge on any atom is -0.383 e. The zero-order valence-electron chi connectivity index (χ0n) is 6.23. The largest absolute Gasteiger partial charge is 0.383 e. The van der Waals surface area contributed by atoms with Crippen molar-refractivity contribution in [3.63, 3.8) is 0 Å². The molecule has 0 spiro atoms. The van der Waals surface area contributed by atoms with Crippen molar-refractivity contribution in [1.82, 2.24) is 0 Å². The average molecular weight is 204 g/mol. The van der Waals surface area contributed by atoms with Gasteiger partial charge in [-0.05, 0) is 12.1 Å². The Balaban J connectivity index is 2.49. The lowest BCUT2D eigenvalue weighted by molar-refractivity contribution is 0.625. The predicted octanol–water partition coefficient (Wildman–Crippen LogP) is 3.00. The molecule has 0 aromatic heterocycles. The smallest absolute Gasteiger partial charge is 0.143 e. The number of benzene rings is 1. The van der Waals surface area contributed by atoms with Crippen molar-refractivity contribution in [1.29, 1.82) is 0 Å². The number of halogens is 2. The molecule has 12 heavy (non-hydrogen) atoms. The third-order valence-electron chi connectivity index (χ3n) is 1.70. The van der Waals surface area contributed by atoms with Crippen molar-refractivity contribution < 1.29 is 4.39 Å². The molecule has 1 N–H and O–H groups in total. The first kappa shape index (κ1) is 8.20. The second-order valence-corrected chi connectivity index (χ2v) is 4.08. The minimum atomic E-state index is -0.341. The molecule has 1 heterocycles. The van der Waals surface area contributed by atoms with Gasteiger partial charge in [0.2, 0.25) is 0 Å². The Labute approximate surface area is 79.3 Å². The number of thioether (sulfide) groups is 1. The molecule has 0 saturated heterocycles. The Morgan fingerprint density at radius 3 is 3.17 bits per heavy atom. The van der Waals surface area contributed by atoms with Crippen molar-refractivity contribution >= 4 is 29.1 Å². The summed E-state index contributed by atoms with van der Waals surface area (Å²) in [7, 11) is 0. The molecule has 0 aliphatic carbocycles. The fraction of sp³-hybridized carbons (Fsp3) is 0.250. The van der Waals surface area contributed by atoms with E-state index < -0.39 is 0 Å². The normalized spacial score (nSPS) is 15.2. The highest BCUT2D eigenvalue weighted by Crippen LogP contribution is 2.34. The lowest BCUT2D eigenvalue weighted by Crippen LogP contribution is -2.10. The van der Waals surface area contributed by atoms with Gasteiger partial charge < -0.3 is 5.32 Å². The molecule has 1 aliphatic rings. The number of nitrogens with one attached hydrogen (secondary N) is 1. The van der Waals surface area contributed by atoms with Crippen LogP contribution in [-0.4, -0.2) is 12.3 Å². The molecular formula is C8H7ClFNS. The van der Waals surface area contributed by atoms with Gasteiger partial charge in [0.25, 0.3) is 0 Å². The summed E-state index contributed by atoms with van der Waals surface area (Å²) in [6.07, 6.45) is 0. The van der Waals surface area contributed by atoms with Crippen LogP contribution in [0.5, 0.6) is 0 Å². The summed E-state index contributed by atoms with van der Waals surface area (Å²) in [5, 5.41) is 3.34. The molecule has 0 atom stereocenters. The fourth-order valence-corrected chi connectivity index (χ4v) is 2.19. The van der Waals surface area contributed by atoms with Crippen LogP contribution in [0.3, 0.4) is 0 Å². The second-order valence-electron chi connectivity index (χ2n) is 2.54. The zero-order valence-corrected chi connectivity index (χ0v) is 7.81. The average Bonchev–Trinajstić information content (AvgIpc) is 2.07. The van der Waals surface area contributed by atoms with E-state index in [1.165, 1.54) is 6.07 Å². The van der Waals surface area contributed by atoms with Crippen molar-refractivity contribution in [2.24, 2.45) is 0 Å². The first-order valence-electron chi connectivity index (χ1n) is 3.63. The van der Waals surface area contributed by atoms with E-state index in [1.54, 1.807) is 17.8 Å². The number of rotatable bonds is 0. The molecule has 4 heteroatoms. The highest BCUT2D eigenvalue weighted by molar-refractivity contribution is 7.99. The van der Waals surface area contributed by atoms with Gasteiger partial charge in [0, 0.05) is 22.9 Å². The van der Waals surface area contributed by atoms with Gasteiger partial charge in [-0.25, -0.2) is 4.39 Å². The summed E-state index contributed by atoms with van der Waals surface area (Å²) in [6.45, 7) is 0.916. The minimum absolute atomic E-state index is 0.184. The quantitative estimate of drug-likeness (QED) is 0.696. The van der Waals surface area contributed by atoms with Crippen LogP contribution in [0, 0.1) is 5.82 Å². The summed E-state index contributed by atoms with van der Waals surface area (Å²) >= 11 is 7.27. The van der Waals surface area contributed by atoms with Gasteiger partial charge in [0.05, 0.1) is 5.02 Å². The van der Waals surface area contributed by atoms with E-state index in [-0.39, 0.29) is 10.8 Å². The van der Waals surface area contributed by atoms with E-state index in [9.17, 15) is 4.39 Å². The Morgan fingerprint density at radius 2 is 2.33 bits per heavy atom. The molecule has 0 bridgehead atoms. The number of hydrogen-bond donors (Lipinski definition) is 1. The van der Waals surface area contributed by atoms with E-state index in [1.807, 2.05) is 0 Å². The molecule has 0 fully saturated rings. The van der Waals surface area contributed by atoms with Crippen LogP contribution >= 0.6 is 23.4 Å². The SMILES string of the molecule is Fc1cc2c(cc1Cl)NCCS2. The second kappa shape index (κ2) is 3.15. The van der Waals surface area contributed by atoms with Crippen LogP contribution < -0.4 is 5.32 Å². The van der Waals surface area contributed by atoms with Gasteiger partial charge in [-0.15, -0.1) is 11.8 Å². The van der Waals surface area contributed by atoms with Crippen LogP contribution in [0.2, 0.25) is 5.02 Å². The summed E-state index contributed by atoms with van der Waals surface area (Å²) < 4.78 is 12.9. The van der Waals surface area contributed by atoms with Crippen molar-refractivity contribution in [3.05, 3.63) is 23.0 Å². The van der Waals surface area contributed by atoms with Gasteiger partial charge in [-0.1, -0.05) is 11.6 Å². The summed E-state index contributed by atoms with van der Waals surface area (Å²) in [4.78, 5) is 0.947. The highest BCUT2D eigenvalue weighted by Gasteiger charge is 2.11. The monoisotopic (exact) mass is 203 g/mol. The number of fused-ring (bicyclic) bond motifs is 1. The van der Waals surface area contributed by atoms with E-state index in [2.05, 4.69) is 5.32 Å². The molecule has 0 radical (unpaired) electrons. The maximum atomic E-state index is 12.9. The fourth-order valence-electron chi connectivity index (χ4n) is 1.13. The van der Waals surface area contributed by atoms with E-state index in [0.717, 1.165) is 22.9 Å². The molecule has 0 unspecified atom stereocenters. The van der Waals surface area contributed by atoms with Gasteiger partial charge >= 0.3 is 0 Å². The molecule has 0 saturated carbocycles. The highest BCUT2D eigenvalue weighted by atomic mass is 35.5. The van der Waals surface area contributed by atoms with Crippen molar-refractivity contribution in [2.45, 2.75) is 4.90 Å². The predicted molar refractivity (Wildman–Crippen MR) is 50.6 cm³/mol. The molecule has 1 aromatic carbocycles. The maximum Gasteiger partial charge on any atom is 0.143 e. The third-order valence-corrected chi connectivity index (χ3v) is 3.04. The van der Waals surface area contributed by atoms with Gasteiger partial charge in [0.1, 0.15) is 5.82 Å². The Kier molecular flexibility index (Phi) is 2.15. The van der Waals surface area contributed by atoms with Gasteiger partial charge in [0.15, 0.2) is 0 Å². The molecule has 1 nitrogen and oxygen atoms in total. The molecule has 1 aromatic rings. The molecule has 2 rings (SSSR count). The van der Waals surface area contributed by atoms with Crippen molar-refractivity contribution in [3.8, 4) is 0 Å². The molecule has 1 aliphatic heterocycles. The summed E-state index contributed by atoms with van der Waals surface area (Å²) in [5.74, 6) is 0.639. The first-order chi connectivity index (χ1) is 5.77. The van der Waals surface area contributed by atoms with E-state index >= 15 is 0 Å². The van der Waals surface area contributed by atoms with Gasteiger partial charge in [-0.2, -0.15) is 0 Å². The first-order valence-corrected chi connectivity index (χ1v) is 4.99. The molecule has 64 valence electrons. The van der Waals surface area contributed by atoms with Gasteiger partial charge in [-0.3, -0.25) is 0 Å². The number of anilines is 1. The zero-order chi connectivity index (χ0) is 8.55. The van der Waals surface area contributed by atoms with E-state index in [4.69, 9.17) is 11.6 Å². The third kappa shape index (κ3) is 1.39. The lowest BCUT2D eigenvalue weighted by Gasteiger charge is -2.17. The Bertz CT molecular complexity index is 285. The number of hydrogen-bond acceptors (Lipinski definition) is 2. The van der Waals surface area contributed by atoms with Crippen LogP contribution in [0.4, 0.5) is 10.1 Å².